The van der Waals surface area contributed by atoms with Crippen molar-refractivity contribution >= 4 is 0 Å². The fourth-order valence-electron chi connectivity index (χ4n) is 3.06. The summed E-state index contributed by atoms with van der Waals surface area (Å²) in [6.45, 7) is 3.49. The van der Waals surface area contributed by atoms with E-state index in [1.54, 1.807) is 18.2 Å². The molecule has 1 aromatic rings. The van der Waals surface area contributed by atoms with Crippen LogP contribution in [0.25, 0.3) is 0 Å². The van der Waals surface area contributed by atoms with Crippen LogP contribution < -0.4 is 10.1 Å². The number of ether oxygens (including phenoxy) is 1. The maximum absolute atomic E-state index is 12.6. The summed E-state index contributed by atoms with van der Waals surface area (Å²) < 4.78 is 42.0. The van der Waals surface area contributed by atoms with Crippen LogP contribution in [0.4, 0.5) is 13.2 Å². The van der Waals surface area contributed by atoms with Gasteiger partial charge in [-0.25, -0.2) is 0 Å². The lowest BCUT2D eigenvalue weighted by atomic mass is 9.98. The van der Waals surface area contributed by atoms with Gasteiger partial charge in [0.05, 0.1) is 0 Å². The fraction of sp³-hybridized carbons (Fsp3) is 0.600. The molecule has 3 nitrogen and oxygen atoms in total. The number of alkyl halides is 3. The van der Waals surface area contributed by atoms with Gasteiger partial charge in [0.25, 0.3) is 0 Å². The van der Waals surface area contributed by atoms with E-state index in [1.807, 2.05) is 0 Å². The van der Waals surface area contributed by atoms with Crippen molar-refractivity contribution in [3.05, 3.63) is 29.8 Å². The zero-order valence-corrected chi connectivity index (χ0v) is 11.7. The van der Waals surface area contributed by atoms with Crippen molar-refractivity contribution in [1.82, 2.24) is 10.2 Å². The Morgan fingerprint density at radius 2 is 1.81 bits per heavy atom. The van der Waals surface area contributed by atoms with E-state index in [1.165, 1.54) is 6.07 Å². The van der Waals surface area contributed by atoms with Gasteiger partial charge in [-0.3, -0.25) is 4.90 Å². The third-order valence-corrected chi connectivity index (χ3v) is 4.08. The third-order valence-electron chi connectivity index (χ3n) is 4.08. The first kappa shape index (κ1) is 14.7. The minimum atomic E-state index is -4.65. The minimum Gasteiger partial charge on any atom is -0.405 e. The van der Waals surface area contributed by atoms with Crippen LogP contribution in [0.15, 0.2) is 24.3 Å². The summed E-state index contributed by atoms with van der Waals surface area (Å²) >= 11 is 0. The maximum Gasteiger partial charge on any atom is 0.573 e. The summed E-state index contributed by atoms with van der Waals surface area (Å²) in [6, 6.07) is 6.60. The summed E-state index contributed by atoms with van der Waals surface area (Å²) in [7, 11) is 0. The Kier molecular flexibility index (Phi) is 4.08. The summed E-state index contributed by atoms with van der Waals surface area (Å²) in [4.78, 5) is 2.28. The molecular weight excluding hydrogens is 281 g/mol. The topological polar surface area (TPSA) is 24.5 Å². The molecule has 1 saturated carbocycles. The van der Waals surface area contributed by atoms with Gasteiger partial charge in [0.1, 0.15) is 5.75 Å². The summed E-state index contributed by atoms with van der Waals surface area (Å²) in [5.41, 5.74) is 0.666. The molecule has 1 aliphatic heterocycles. The van der Waals surface area contributed by atoms with Gasteiger partial charge in [0.2, 0.25) is 0 Å². The molecule has 1 N–H and O–H groups in total. The van der Waals surface area contributed by atoms with Crippen LogP contribution >= 0.6 is 0 Å². The summed E-state index contributed by atoms with van der Waals surface area (Å²) in [6.07, 6.45) is -2.49. The molecule has 0 radical (unpaired) electrons. The van der Waals surface area contributed by atoms with Crippen molar-refractivity contribution in [3.8, 4) is 5.75 Å². The predicted octanol–water partition coefficient (Wildman–Crippen LogP) is 2.94. The van der Waals surface area contributed by atoms with Gasteiger partial charge < -0.3 is 10.1 Å². The Morgan fingerprint density at radius 1 is 1.14 bits per heavy atom. The van der Waals surface area contributed by atoms with Gasteiger partial charge in [0.15, 0.2) is 0 Å². The zero-order chi connectivity index (χ0) is 14.9. The Labute approximate surface area is 122 Å². The Morgan fingerprint density at radius 3 is 2.43 bits per heavy atom. The number of nitrogens with zero attached hydrogens (tertiary/aromatic N) is 1. The van der Waals surface area contributed by atoms with Gasteiger partial charge in [-0.2, -0.15) is 0 Å². The lowest BCUT2D eigenvalue weighted by Crippen LogP contribution is -2.45. The van der Waals surface area contributed by atoms with Crippen molar-refractivity contribution in [3.63, 3.8) is 0 Å². The van der Waals surface area contributed by atoms with Gasteiger partial charge in [-0.15, -0.1) is 13.2 Å². The highest BCUT2D eigenvalue weighted by molar-refractivity contribution is 5.37. The number of hydrogen-bond acceptors (Lipinski definition) is 3. The van der Waals surface area contributed by atoms with E-state index in [0.717, 1.165) is 39.0 Å². The number of halogens is 3. The smallest absolute Gasteiger partial charge is 0.405 e. The monoisotopic (exact) mass is 300 g/mol. The number of nitrogens with one attached hydrogen (secondary N) is 1. The molecule has 6 heteroatoms. The first-order chi connectivity index (χ1) is 10.0. The molecular formula is C15H19F3N2O. The molecule has 0 aromatic heterocycles. The summed E-state index contributed by atoms with van der Waals surface area (Å²) in [5, 5.41) is 3.28. The molecule has 1 aromatic carbocycles. The molecule has 1 atom stereocenters. The third kappa shape index (κ3) is 3.68. The number of para-hydroxylation sites is 1. The van der Waals surface area contributed by atoms with Gasteiger partial charge in [0, 0.05) is 37.8 Å². The van der Waals surface area contributed by atoms with Crippen molar-refractivity contribution in [2.45, 2.75) is 25.2 Å². The van der Waals surface area contributed by atoms with E-state index in [0.29, 0.717) is 11.5 Å². The van der Waals surface area contributed by atoms with E-state index < -0.39 is 6.36 Å². The molecule has 0 spiro atoms. The largest absolute Gasteiger partial charge is 0.573 e. The lowest BCUT2D eigenvalue weighted by molar-refractivity contribution is -0.275. The van der Waals surface area contributed by atoms with Crippen LogP contribution in [-0.2, 0) is 0 Å². The number of piperazine rings is 1. The molecule has 116 valence electrons. The SMILES string of the molecule is FC(F)(F)Oc1ccccc1[C@H](C1CC1)N1CCNCC1. The average molecular weight is 300 g/mol. The average Bonchev–Trinajstić information content (AvgIpc) is 3.25. The fourth-order valence-corrected chi connectivity index (χ4v) is 3.06. The van der Waals surface area contributed by atoms with Crippen LogP contribution in [0.5, 0.6) is 5.75 Å². The second-order valence-electron chi connectivity index (χ2n) is 5.65. The van der Waals surface area contributed by atoms with Crippen molar-refractivity contribution < 1.29 is 17.9 Å². The van der Waals surface area contributed by atoms with E-state index in [2.05, 4.69) is 15.0 Å². The second kappa shape index (κ2) is 5.85. The van der Waals surface area contributed by atoms with Gasteiger partial charge >= 0.3 is 6.36 Å². The molecule has 0 bridgehead atoms. The quantitative estimate of drug-likeness (QED) is 0.925. The van der Waals surface area contributed by atoms with Crippen LogP contribution in [0.2, 0.25) is 0 Å². The van der Waals surface area contributed by atoms with Gasteiger partial charge in [-0.1, -0.05) is 18.2 Å². The number of benzene rings is 1. The highest BCUT2D eigenvalue weighted by Gasteiger charge is 2.40. The zero-order valence-electron chi connectivity index (χ0n) is 11.7. The first-order valence-corrected chi connectivity index (χ1v) is 7.34. The normalized spacial score (nSPS) is 22.0. The van der Waals surface area contributed by atoms with Crippen LogP contribution in [0.3, 0.4) is 0 Å². The van der Waals surface area contributed by atoms with E-state index >= 15 is 0 Å². The summed E-state index contributed by atoms with van der Waals surface area (Å²) in [5.74, 6) is 0.390. The molecule has 1 aliphatic carbocycles. The van der Waals surface area contributed by atoms with Crippen molar-refractivity contribution in [1.29, 1.82) is 0 Å². The van der Waals surface area contributed by atoms with E-state index in [9.17, 15) is 13.2 Å². The van der Waals surface area contributed by atoms with Crippen molar-refractivity contribution in [2.75, 3.05) is 26.2 Å². The molecule has 2 aliphatic rings. The van der Waals surface area contributed by atoms with Crippen LogP contribution in [0.1, 0.15) is 24.4 Å². The highest BCUT2D eigenvalue weighted by atomic mass is 19.4. The predicted molar refractivity (Wildman–Crippen MR) is 73.0 cm³/mol. The van der Waals surface area contributed by atoms with Crippen molar-refractivity contribution in [2.24, 2.45) is 5.92 Å². The first-order valence-electron chi connectivity index (χ1n) is 7.34. The molecule has 1 saturated heterocycles. The number of rotatable bonds is 4. The lowest BCUT2D eigenvalue weighted by Gasteiger charge is -2.36. The molecule has 3 rings (SSSR count). The molecule has 21 heavy (non-hydrogen) atoms. The minimum absolute atomic E-state index is 0.0330. The van der Waals surface area contributed by atoms with Gasteiger partial charge in [-0.05, 0) is 24.8 Å². The standard InChI is InChI=1S/C15H19F3N2O/c16-15(17,18)21-13-4-2-1-3-12(13)14(11-5-6-11)20-9-7-19-8-10-20/h1-4,11,14,19H,5-10H2/t14-/m0/s1. The molecule has 0 amide bonds. The molecule has 0 unspecified atom stereocenters. The highest BCUT2D eigenvalue weighted by Crippen LogP contribution is 2.47. The Bertz CT molecular complexity index is 482. The van der Waals surface area contributed by atoms with Crippen LogP contribution in [-0.4, -0.2) is 37.4 Å². The Hall–Kier alpha value is -1.27. The van der Waals surface area contributed by atoms with Crippen LogP contribution in [0, 0.1) is 5.92 Å². The molecule has 2 fully saturated rings. The van der Waals surface area contributed by atoms with E-state index in [4.69, 9.17) is 0 Å². The number of hydrogen-bond donors (Lipinski definition) is 1. The maximum atomic E-state index is 12.6. The Balaban J connectivity index is 1.88. The molecule has 1 heterocycles. The van der Waals surface area contributed by atoms with E-state index in [-0.39, 0.29) is 11.8 Å². The second-order valence-corrected chi connectivity index (χ2v) is 5.65.